The highest BCUT2D eigenvalue weighted by atomic mass is 35.5. The van der Waals surface area contributed by atoms with Gasteiger partial charge in [-0.3, -0.25) is 4.79 Å². The summed E-state index contributed by atoms with van der Waals surface area (Å²) in [7, 11) is 0. The zero-order valence-electron chi connectivity index (χ0n) is 11.1. The monoisotopic (exact) mass is 300 g/mol. The maximum atomic E-state index is 11.8. The van der Waals surface area contributed by atoms with Gasteiger partial charge in [-0.2, -0.15) is 5.26 Å². The van der Waals surface area contributed by atoms with Gasteiger partial charge >= 0.3 is 0 Å². The highest BCUT2D eigenvalue weighted by molar-refractivity contribution is 6.30. The summed E-state index contributed by atoms with van der Waals surface area (Å²) in [6.07, 6.45) is 1.61. The first-order valence-electron chi connectivity index (χ1n) is 6.33. The van der Waals surface area contributed by atoms with E-state index >= 15 is 0 Å². The van der Waals surface area contributed by atoms with Gasteiger partial charge in [-0.25, -0.2) is 4.98 Å². The van der Waals surface area contributed by atoms with E-state index in [9.17, 15) is 4.79 Å². The molecule has 1 aromatic heterocycles. The molecule has 2 aromatic rings. The number of pyridine rings is 1. The summed E-state index contributed by atoms with van der Waals surface area (Å²) in [6, 6.07) is 12.1. The number of halogens is 1. The Morgan fingerprint density at radius 1 is 1.24 bits per heavy atom. The Morgan fingerprint density at radius 3 is 2.71 bits per heavy atom. The molecule has 0 fully saturated rings. The van der Waals surface area contributed by atoms with Crippen LogP contribution in [0.2, 0.25) is 5.02 Å². The van der Waals surface area contributed by atoms with Gasteiger partial charge in [-0.05, 0) is 36.4 Å². The van der Waals surface area contributed by atoms with Crippen molar-refractivity contribution in [3.8, 4) is 6.07 Å². The van der Waals surface area contributed by atoms with Gasteiger partial charge in [-0.15, -0.1) is 0 Å². The minimum atomic E-state index is -0.171. The van der Waals surface area contributed by atoms with Crippen LogP contribution in [0.15, 0.2) is 42.6 Å². The minimum Gasteiger partial charge on any atom is -0.367 e. The third-order valence-corrected chi connectivity index (χ3v) is 2.99. The molecular weight excluding hydrogens is 288 g/mol. The Labute approximate surface area is 127 Å². The van der Waals surface area contributed by atoms with Crippen molar-refractivity contribution >= 4 is 23.3 Å². The molecule has 5 nitrogen and oxygen atoms in total. The number of nitrogens with zero attached hydrogens (tertiary/aromatic N) is 2. The van der Waals surface area contributed by atoms with Crippen LogP contribution >= 0.6 is 11.6 Å². The lowest BCUT2D eigenvalue weighted by atomic mass is 10.2. The lowest BCUT2D eigenvalue weighted by molar-refractivity contribution is 0.0955. The number of nitrogens with one attached hydrogen (secondary N) is 2. The minimum absolute atomic E-state index is 0.171. The highest BCUT2D eigenvalue weighted by Gasteiger charge is 2.05. The van der Waals surface area contributed by atoms with E-state index in [-0.39, 0.29) is 5.91 Å². The van der Waals surface area contributed by atoms with Gasteiger partial charge in [0.05, 0.1) is 5.56 Å². The highest BCUT2D eigenvalue weighted by Crippen LogP contribution is 2.10. The van der Waals surface area contributed by atoms with Crippen LogP contribution in [-0.4, -0.2) is 24.0 Å². The zero-order chi connectivity index (χ0) is 15.1. The van der Waals surface area contributed by atoms with Crippen LogP contribution in [0.5, 0.6) is 0 Å². The van der Waals surface area contributed by atoms with Gasteiger partial charge in [0.1, 0.15) is 11.9 Å². The number of aromatic nitrogens is 1. The topological polar surface area (TPSA) is 77.8 Å². The summed E-state index contributed by atoms with van der Waals surface area (Å²) < 4.78 is 0. The van der Waals surface area contributed by atoms with Crippen molar-refractivity contribution < 1.29 is 4.79 Å². The van der Waals surface area contributed by atoms with Gasteiger partial charge in [0.25, 0.3) is 5.91 Å². The average molecular weight is 301 g/mol. The number of carbonyl (C=O) groups is 1. The van der Waals surface area contributed by atoms with Crippen molar-refractivity contribution in [3.63, 3.8) is 0 Å². The molecule has 0 saturated heterocycles. The largest absolute Gasteiger partial charge is 0.367 e. The SMILES string of the molecule is N#Cc1cccnc1NCCNC(=O)c1ccc(Cl)cc1. The smallest absolute Gasteiger partial charge is 0.251 e. The normalized spacial score (nSPS) is 9.71. The molecule has 0 aliphatic heterocycles. The number of hydrogen-bond acceptors (Lipinski definition) is 4. The third-order valence-electron chi connectivity index (χ3n) is 2.74. The Bertz CT molecular complexity index is 664. The van der Waals surface area contributed by atoms with Crippen LogP contribution in [0, 0.1) is 11.3 Å². The standard InChI is InChI=1S/C15H13ClN4O/c16-13-5-3-11(4-6-13)15(21)20-9-8-19-14-12(10-17)2-1-7-18-14/h1-7H,8-9H2,(H,18,19)(H,20,21). The van der Waals surface area contributed by atoms with Crippen molar-refractivity contribution in [1.82, 2.24) is 10.3 Å². The Hall–Kier alpha value is -2.58. The van der Waals surface area contributed by atoms with Crippen molar-refractivity contribution in [2.24, 2.45) is 0 Å². The van der Waals surface area contributed by atoms with Crippen LogP contribution in [0.3, 0.4) is 0 Å². The Kier molecular flexibility index (Phi) is 5.13. The van der Waals surface area contributed by atoms with Crippen LogP contribution in [0.25, 0.3) is 0 Å². The van der Waals surface area contributed by atoms with Crippen molar-refractivity contribution in [2.45, 2.75) is 0 Å². The van der Waals surface area contributed by atoms with E-state index in [4.69, 9.17) is 16.9 Å². The molecule has 2 rings (SSSR count). The van der Waals surface area contributed by atoms with E-state index in [1.807, 2.05) is 0 Å². The molecule has 0 unspecified atom stereocenters. The molecule has 0 spiro atoms. The fourth-order valence-electron chi connectivity index (χ4n) is 1.70. The van der Waals surface area contributed by atoms with Crippen molar-refractivity contribution in [2.75, 3.05) is 18.4 Å². The van der Waals surface area contributed by atoms with E-state index in [0.29, 0.717) is 35.1 Å². The van der Waals surface area contributed by atoms with Crippen molar-refractivity contribution in [1.29, 1.82) is 5.26 Å². The maximum absolute atomic E-state index is 11.8. The molecule has 0 aliphatic carbocycles. The average Bonchev–Trinajstić information content (AvgIpc) is 2.52. The second-order valence-electron chi connectivity index (χ2n) is 4.20. The van der Waals surface area contributed by atoms with Crippen LogP contribution in [0.1, 0.15) is 15.9 Å². The fourth-order valence-corrected chi connectivity index (χ4v) is 1.82. The molecule has 106 valence electrons. The van der Waals surface area contributed by atoms with Crippen LogP contribution in [-0.2, 0) is 0 Å². The number of hydrogen-bond donors (Lipinski definition) is 2. The summed E-state index contributed by atoms with van der Waals surface area (Å²) in [5.41, 5.74) is 1.02. The van der Waals surface area contributed by atoms with E-state index < -0.39 is 0 Å². The maximum Gasteiger partial charge on any atom is 0.251 e. The molecule has 1 amide bonds. The molecule has 0 saturated carbocycles. The second-order valence-corrected chi connectivity index (χ2v) is 4.64. The summed E-state index contributed by atoms with van der Waals surface area (Å²) in [4.78, 5) is 15.9. The lowest BCUT2D eigenvalue weighted by Gasteiger charge is -2.08. The number of nitriles is 1. The number of rotatable bonds is 5. The summed E-state index contributed by atoms with van der Waals surface area (Å²) in [6.45, 7) is 0.897. The molecule has 1 heterocycles. The number of carbonyl (C=O) groups excluding carboxylic acids is 1. The summed E-state index contributed by atoms with van der Waals surface area (Å²) in [5, 5.41) is 15.3. The second kappa shape index (κ2) is 7.27. The molecule has 0 bridgehead atoms. The molecule has 21 heavy (non-hydrogen) atoms. The van der Waals surface area contributed by atoms with Gasteiger partial charge in [0.2, 0.25) is 0 Å². The number of anilines is 1. The predicted octanol–water partition coefficient (Wildman–Crippen LogP) is 2.45. The van der Waals surface area contributed by atoms with Crippen LogP contribution < -0.4 is 10.6 Å². The molecule has 0 aliphatic rings. The molecule has 6 heteroatoms. The Balaban J connectivity index is 1.81. The van der Waals surface area contributed by atoms with E-state index in [2.05, 4.69) is 21.7 Å². The molecule has 2 N–H and O–H groups in total. The zero-order valence-corrected chi connectivity index (χ0v) is 11.9. The Morgan fingerprint density at radius 2 is 2.00 bits per heavy atom. The van der Waals surface area contributed by atoms with Gasteiger partial charge in [0, 0.05) is 29.9 Å². The summed E-state index contributed by atoms with van der Waals surface area (Å²) >= 11 is 5.76. The first kappa shape index (κ1) is 14.8. The third kappa shape index (κ3) is 4.20. The first-order chi connectivity index (χ1) is 10.2. The molecule has 1 aromatic carbocycles. The molecule has 0 radical (unpaired) electrons. The summed E-state index contributed by atoms with van der Waals surface area (Å²) in [5.74, 6) is 0.343. The van der Waals surface area contributed by atoms with Crippen LogP contribution in [0.4, 0.5) is 5.82 Å². The number of amides is 1. The predicted molar refractivity (Wildman–Crippen MR) is 81.2 cm³/mol. The van der Waals surface area contributed by atoms with E-state index in [1.54, 1.807) is 42.6 Å². The molecule has 0 atom stereocenters. The lowest BCUT2D eigenvalue weighted by Crippen LogP contribution is -2.28. The van der Waals surface area contributed by atoms with Gasteiger partial charge < -0.3 is 10.6 Å². The van der Waals surface area contributed by atoms with Crippen molar-refractivity contribution in [3.05, 3.63) is 58.7 Å². The first-order valence-corrected chi connectivity index (χ1v) is 6.71. The fraction of sp³-hybridized carbons (Fsp3) is 0.133. The quantitative estimate of drug-likeness (QED) is 0.831. The number of benzene rings is 1. The van der Waals surface area contributed by atoms with E-state index in [1.165, 1.54) is 0 Å². The van der Waals surface area contributed by atoms with Gasteiger partial charge in [-0.1, -0.05) is 11.6 Å². The molecular formula is C15H13ClN4O. The van der Waals surface area contributed by atoms with Gasteiger partial charge in [0.15, 0.2) is 0 Å². The van der Waals surface area contributed by atoms with E-state index in [0.717, 1.165) is 0 Å².